The lowest BCUT2D eigenvalue weighted by Gasteiger charge is -1.98. The van der Waals surface area contributed by atoms with Crippen LogP contribution in [0.5, 0.6) is 0 Å². The Balaban J connectivity index is 2.24. The zero-order valence-corrected chi connectivity index (χ0v) is 9.55. The lowest BCUT2D eigenvalue weighted by atomic mass is 10.2. The molecule has 0 amide bonds. The van der Waals surface area contributed by atoms with Crippen LogP contribution in [0.2, 0.25) is 0 Å². The summed E-state index contributed by atoms with van der Waals surface area (Å²) >= 11 is 0. The number of aromatic nitrogens is 3. The van der Waals surface area contributed by atoms with E-state index < -0.39 is 11.6 Å². The Hall–Kier alpha value is -1.98. The van der Waals surface area contributed by atoms with Gasteiger partial charge in [0, 0.05) is 5.92 Å². The van der Waals surface area contributed by atoms with Crippen molar-refractivity contribution < 1.29 is 8.81 Å². The van der Waals surface area contributed by atoms with E-state index >= 15 is 0 Å². The molecule has 0 bridgehead atoms. The number of hydrogen-bond donors (Lipinski definition) is 0. The van der Waals surface area contributed by atoms with Gasteiger partial charge in [0.1, 0.15) is 5.82 Å². The molecule has 0 atom stereocenters. The van der Waals surface area contributed by atoms with Gasteiger partial charge in [-0.3, -0.25) is 4.98 Å². The Morgan fingerprint density at radius 3 is 2.76 bits per heavy atom. The third-order valence-corrected chi connectivity index (χ3v) is 2.22. The van der Waals surface area contributed by atoms with Crippen LogP contribution in [0.4, 0.5) is 4.39 Å². The molecule has 0 aliphatic heterocycles. The molecule has 0 aromatic carbocycles. The maximum atomic E-state index is 12.6. The van der Waals surface area contributed by atoms with Gasteiger partial charge >= 0.3 is 5.76 Å². The summed E-state index contributed by atoms with van der Waals surface area (Å²) in [5, 5.41) is 4.03. The van der Waals surface area contributed by atoms with Crippen molar-refractivity contribution in [1.29, 1.82) is 0 Å². The van der Waals surface area contributed by atoms with Crippen LogP contribution >= 0.6 is 0 Å². The third kappa shape index (κ3) is 2.58. The van der Waals surface area contributed by atoms with E-state index in [-0.39, 0.29) is 12.5 Å². The molecule has 2 aromatic rings. The summed E-state index contributed by atoms with van der Waals surface area (Å²) in [6.45, 7) is 3.94. The molecule has 0 fully saturated rings. The predicted octanol–water partition coefficient (Wildman–Crippen LogP) is 1.54. The van der Waals surface area contributed by atoms with Gasteiger partial charge in [-0.05, 0) is 12.1 Å². The van der Waals surface area contributed by atoms with Crippen LogP contribution in [0.25, 0.3) is 0 Å². The fourth-order valence-corrected chi connectivity index (χ4v) is 1.31. The van der Waals surface area contributed by atoms with Gasteiger partial charge in [-0.2, -0.15) is 4.68 Å². The van der Waals surface area contributed by atoms with Crippen molar-refractivity contribution in [1.82, 2.24) is 14.8 Å². The maximum absolute atomic E-state index is 12.6. The normalized spacial score (nSPS) is 11.1. The van der Waals surface area contributed by atoms with Gasteiger partial charge in [-0.15, -0.1) is 5.10 Å². The quantitative estimate of drug-likeness (QED) is 0.812. The first-order valence-corrected chi connectivity index (χ1v) is 5.24. The topological polar surface area (TPSA) is 60.9 Å². The summed E-state index contributed by atoms with van der Waals surface area (Å²) in [5.41, 5.74) is 0.553. The standard InChI is InChI=1S/C11H12FN3O2/c1-7(2)10-14-15(11(16)17-10)6-9-4-3-8(12)5-13-9/h3-5,7H,6H2,1-2H3. The van der Waals surface area contributed by atoms with Crippen LogP contribution in [0.1, 0.15) is 31.4 Å². The highest BCUT2D eigenvalue weighted by Gasteiger charge is 2.11. The molecule has 0 unspecified atom stereocenters. The van der Waals surface area contributed by atoms with Crippen molar-refractivity contribution in [2.24, 2.45) is 0 Å². The first-order valence-electron chi connectivity index (χ1n) is 5.24. The van der Waals surface area contributed by atoms with Crippen LogP contribution in [0.15, 0.2) is 27.5 Å². The zero-order valence-electron chi connectivity index (χ0n) is 9.55. The van der Waals surface area contributed by atoms with Crippen LogP contribution < -0.4 is 5.76 Å². The molecule has 0 aliphatic carbocycles. The summed E-state index contributed by atoms with van der Waals surface area (Å²) in [4.78, 5) is 15.3. The van der Waals surface area contributed by atoms with E-state index in [1.165, 1.54) is 16.8 Å². The average Bonchev–Trinajstić information content (AvgIpc) is 2.64. The second-order valence-electron chi connectivity index (χ2n) is 3.99. The molecule has 90 valence electrons. The molecule has 6 heteroatoms. The van der Waals surface area contributed by atoms with Gasteiger partial charge in [-0.25, -0.2) is 9.18 Å². The van der Waals surface area contributed by atoms with Gasteiger partial charge in [0.05, 0.1) is 18.4 Å². The van der Waals surface area contributed by atoms with Crippen LogP contribution in [0.3, 0.4) is 0 Å². The van der Waals surface area contributed by atoms with Crippen molar-refractivity contribution in [3.63, 3.8) is 0 Å². The predicted molar refractivity (Wildman–Crippen MR) is 58.1 cm³/mol. The van der Waals surface area contributed by atoms with Crippen LogP contribution in [0, 0.1) is 5.82 Å². The molecule has 2 rings (SSSR count). The molecule has 0 saturated carbocycles. The monoisotopic (exact) mass is 237 g/mol. The highest BCUT2D eigenvalue weighted by atomic mass is 19.1. The summed E-state index contributed by atoms with van der Waals surface area (Å²) in [6, 6.07) is 2.79. The molecular formula is C11H12FN3O2. The Morgan fingerprint density at radius 1 is 1.47 bits per heavy atom. The van der Waals surface area contributed by atoms with Gasteiger partial charge in [0.2, 0.25) is 5.89 Å². The molecule has 0 saturated heterocycles. The van der Waals surface area contributed by atoms with Crippen molar-refractivity contribution in [3.05, 3.63) is 46.3 Å². The third-order valence-electron chi connectivity index (χ3n) is 2.22. The van der Waals surface area contributed by atoms with E-state index in [0.717, 1.165) is 6.20 Å². The minimum atomic E-state index is -0.528. The maximum Gasteiger partial charge on any atom is 0.437 e. The lowest BCUT2D eigenvalue weighted by molar-refractivity contribution is 0.434. The van der Waals surface area contributed by atoms with E-state index in [2.05, 4.69) is 10.1 Å². The molecule has 0 aliphatic rings. The average molecular weight is 237 g/mol. The number of nitrogens with zero attached hydrogens (tertiary/aromatic N) is 3. The molecule has 2 heterocycles. The molecule has 2 aromatic heterocycles. The smallest absolute Gasteiger partial charge is 0.392 e. The van der Waals surface area contributed by atoms with E-state index in [1.807, 2.05) is 13.8 Å². The minimum Gasteiger partial charge on any atom is -0.392 e. The summed E-state index contributed by atoms with van der Waals surface area (Å²) in [7, 11) is 0. The van der Waals surface area contributed by atoms with E-state index in [0.29, 0.717) is 11.6 Å². The van der Waals surface area contributed by atoms with Crippen molar-refractivity contribution in [2.75, 3.05) is 0 Å². The Morgan fingerprint density at radius 2 is 2.24 bits per heavy atom. The molecule has 0 radical (unpaired) electrons. The van der Waals surface area contributed by atoms with Gasteiger partial charge in [-0.1, -0.05) is 13.8 Å². The van der Waals surface area contributed by atoms with E-state index in [1.54, 1.807) is 0 Å². The molecule has 0 spiro atoms. The van der Waals surface area contributed by atoms with E-state index in [4.69, 9.17) is 4.42 Å². The summed E-state index contributed by atoms with van der Waals surface area (Å²) in [5.74, 6) is -0.508. The largest absolute Gasteiger partial charge is 0.437 e. The minimum absolute atomic E-state index is 0.0464. The Labute approximate surface area is 96.9 Å². The molecule has 0 N–H and O–H groups in total. The fraction of sp³-hybridized carbons (Fsp3) is 0.364. The van der Waals surface area contributed by atoms with E-state index in [9.17, 15) is 9.18 Å². The Bertz CT molecular complexity index is 557. The second kappa shape index (κ2) is 4.48. The first kappa shape index (κ1) is 11.5. The van der Waals surface area contributed by atoms with Crippen molar-refractivity contribution in [3.8, 4) is 0 Å². The number of pyridine rings is 1. The van der Waals surface area contributed by atoms with Crippen LogP contribution in [-0.4, -0.2) is 14.8 Å². The van der Waals surface area contributed by atoms with Gasteiger partial charge in [0.25, 0.3) is 0 Å². The molecule has 5 nitrogen and oxygen atoms in total. The molecule has 17 heavy (non-hydrogen) atoms. The Kier molecular flexibility index (Phi) is 3.03. The zero-order chi connectivity index (χ0) is 12.4. The fourth-order valence-electron chi connectivity index (χ4n) is 1.31. The van der Waals surface area contributed by atoms with Gasteiger partial charge < -0.3 is 4.42 Å². The van der Waals surface area contributed by atoms with Crippen LogP contribution in [-0.2, 0) is 6.54 Å². The number of rotatable bonds is 3. The summed E-state index contributed by atoms with van der Waals surface area (Å²) in [6.07, 6.45) is 1.10. The lowest BCUT2D eigenvalue weighted by Crippen LogP contribution is -2.17. The second-order valence-corrected chi connectivity index (χ2v) is 3.99. The number of halogens is 1. The first-order chi connectivity index (χ1) is 8.06. The number of hydrogen-bond acceptors (Lipinski definition) is 4. The SMILES string of the molecule is CC(C)c1nn(Cc2ccc(F)cn2)c(=O)o1. The highest BCUT2D eigenvalue weighted by Crippen LogP contribution is 2.08. The van der Waals surface area contributed by atoms with Crippen molar-refractivity contribution >= 4 is 0 Å². The summed E-state index contributed by atoms with van der Waals surface area (Å²) < 4.78 is 18.8. The molecular weight excluding hydrogens is 225 g/mol. The van der Waals surface area contributed by atoms with Gasteiger partial charge in [0.15, 0.2) is 0 Å². The highest BCUT2D eigenvalue weighted by molar-refractivity contribution is 5.05. The van der Waals surface area contributed by atoms with Crippen molar-refractivity contribution in [2.45, 2.75) is 26.3 Å².